The Balaban J connectivity index is 2.40. The first-order valence-electron chi connectivity index (χ1n) is 10.5. The third-order valence-corrected chi connectivity index (χ3v) is 6.08. The second-order valence-corrected chi connectivity index (χ2v) is 10.1. The molecule has 3 rings (SSSR count). The summed E-state index contributed by atoms with van der Waals surface area (Å²) in [7, 11) is -3.95. The van der Waals surface area contributed by atoms with Gasteiger partial charge in [0.15, 0.2) is 9.84 Å². The smallest absolute Gasteiger partial charge is 0.461 e. The third-order valence-electron chi connectivity index (χ3n) is 4.87. The summed E-state index contributed by atoms with van der Waals surface area (Å²) >= 11 is 0. The van der Waals surface area contributed by atoms with Crippen molar-refractivity contribution in [3.05, 3.63) is 57.9 Å². The number of rotatable bonds is 7. The number of carbonyl (C=O) groups is 1. The summed E-state index contributed by atoms with van der Waals surface area (Å²) in [6.45, 7) is 5.23. The first-order chi connectivity index (χ1) is 16.2. The Kier molecular flexibility index (Phi) is 7.25. The van der Waals surface area contributed by atoms with Gasteiger partial charge in [0.05, 0.1) is 28.1 Å². The van der Waals surface area contributed by atoms with E-state index in [4.69, 9.17) is 4.74 Å². The number of esters is 1. The molecule has 8 nitrogen and oxygen atoms in total. The quantitative estimate of drug-likeness (QED) is 0.440. The molecule has 188 valence electrons. The molecule has 0 fully saturated rings. The zero-order valence-electron chi connectivity index (χ0n) is 19.3. The molecule has 0 amide bonds. The number of aromatic nitrogens is 2. The van der Waals surface area contributed by atoms with E-state index in [1.165, 1.54) is 25.1 Å². The number of benzene rings is 2. The topological polar surface area (TPSA) is 105 Å². The van der Waals surface area contributed by atoms with Crippen LogP contribution in [-0.2, 0) is 21.0 Å². The van der Waals surface area contributed by atoms with Crippen LogP contribution in [0.25, 0.3) is 16.6 Å². The van der Waals surface area contributed by atoms with Crippen LogP contribution < -0.4 is 10.2 Å². The third kappa shape index (κ3) is 5.81. The van der Waals surface area contributed by atoms with Gasteiger partial charge in [-0.3, -0.25) is 4.79 Å². The molecule has 0 N–H and O–H groups in total. The van der Waals surface area contributed by atoms with E-state index in [-0.39, 0.29) is 34.0 Å². The van der Waals surface area contributed by atoms with Gasteiger partial charge in [-0.2, -0.15) is 5.10 Å². The van der Waals surface area contributed by atoms with Crippen LogP contribution in [-0.4, -0.2) is 43.4 Å². The predicted octanol–water partition coefficient (Wildman–Crippen LogP) is 4.06. The molecule has 0 radical (unpaired) electrons. The summed E-state index contributed by atoms with van der Waals surface area (Å²) in [5.74, 6) is -1.49. The Morgan fingerprint density at radius 1 is 1.11 bits per heavy atom. The lowest BCUT2D eigenvalue weighted by molar-refractivity contribution is -0.274. The number of alkyl halides is 3. The van der Waals surface area contributed by atoms with Gasteiger partial charge in [0, 0.05) is 6.26 Å². The summed E-state index contributed by atoms with van der Waals surface area (Å²) in [6, 6.07) is 7.57. The molecule has 35 heavy (non-hydrogen) atoms. The molecule has 1 heterocycles. The van der Waals surface area contributed by atoms with Crippen LogP contribution in [0, 0.1) is 5.92 Å². The molecule has 12 heteroatoms. The van der Waals surface area contributed by atoms with Crippen molar-refractivity contribution in [2.45, 2.75) is 38.4 Å². The van der Waals surface area contributed by atoms with Crippen molar-refractivity contribution in [2.24, 2.45) is 5.92 Å². The number of halogens is 3. The second kappa shape index (κ2) is 9.68. The number of fused-ring (bicyclic) bond motifs is 1. The van der Waals surface area contributed by atoms with Gasteiger partial charge in [-0.15, -0.1) is 13.2 Å². The highest BCUT2D eigenvalue weighted by atomic mass is 32.2. The lowest BCUT2D eigenvalue weighted by Gasteiger charge is -2.17. The van der Waals surface area contributed by atoms with Crippen molar-refractivity contribution in [1.29, 1.82) is 0 Å². The number of sulfone groups is 1. The Bertz CT molecular complexity index is 1430. The van der Waals surface area contributed by atoms with Gasteiger partial charge < -0.3 is 9.47 Å². The van der Waals surface area contributed by atoms with Crippen molar-refractivity contribution in [3.8, 4) is 11.4 Å². The summed E-state index contributed by atoms with van der Waals surface area (Å²) < 4.78 is 73.2. The van der Waals surface area contributed by atoms with Crippen LogP contribution in [0.3, 0.4) is 0 Å². The molecule has 0 unspecified atom stereocenters. The zero-order valence-corrected chi connectivity index (χ0v) is 20.2. The van der Waals surface area contributed by atoms with Crippen LogP contribution in [0.15, 0.2) is 46.1 Å². The highest BCUT2D eigenvalue weighted by molar-refractivity contribution is 7.91. The lowest BCUT2D eigenvalue weighted by Crippen LogP contribution is -2.26. The van der Waals surface area contributed by atoms with Crippen molar-refractivity contribution < 1.29 is 35.9 Å². The number of hydrogen-bond acceptors (Lipinski definition) is 7. The first kappa shape index (κ1) is 26.2. The van der Waals surface area contributed by atoms with Gasteiger partial charge in [-0.25, -0.2) is 17.9 Å². The first-order valence-corrected chi connectivity index (χ1v) is 12.4. The van der Waals surface area contributed by atoms with Crippen LogP contribution in [0.4, 0.5) is 13.2 Å². The van der Waals surface area contributed by atoms with E-state index < -0.39 is 39.0 Å². The Morgan fingerprint density at radius 3 is 2.26 bits per heavy atom. The molecule has 3 aromatic rings. The Hall–Kier alpha value is -3.41. The van der Waals surface area contributed by atoms with Gasteiger partial charge in [-0.05, 0) is 55.2 Å². The van der Waals surface area contributed by atoms with Gasteiger partial charge in [0.1, 0.15) is 5.75 Å². The maximum Gasteiger partial charge on any atom is 0.573 e. The summed E-state index contributed by atoms with van der Waals surface area (Å²) in [6.07, 6.45) is -3.58. The maximum atomic E-state index is 13.4. The van der Waals surface area contributed by atoms with E-state index in [2.05, 4.69) is 9.84 Å². The predicted molar refractivity (Wildman–Crippen MR) is 122 cm³/mol. The molecule has 0 atom stereocenters. The molecular formula is C23H23F3N2O6S. The van der Waals surface area contributed by atoms with E-state index in [9.17, 15) is 31.2 Å². The van der Waals surface area contributed by atoms with E-state index >= 15 is 0 Å². The molecule has 0 spiro atoms. The van der Waals surface area contributed by atoms with Crippen LogP contribution in [0.2, 0.25) is 0 Å². The van der Waals surface area contributed by atoms with E-state index in [1.54, 1.807) is 6.07 Å². The normalized spacial score (nSPS) is 12.2. The largest absolute Gasteiger partial charge is 0.573 e. The molecular weight excluding hydrogens is 489 g/mol. The minimum atomic E-state index is -4.89. The maximum absolute atomic E-state index is 13.4. The van der Waals surface area contributed by atoms with Crippen LogP contribution >= 0.6 is 0 Å². The fourth-order valence-electron chi connectivity index (χ4n) is 3.67. The molecule has 0 aliphatic carbocycles. The summed E-state index contributed by atoms with van der Waals surface area (Å²) in [4.78, 5) is 25.7. The number of nitrogens with zero attached hydrogens (tertiary/aromatic N) is 2. The lowest BCUT2D eigenvalue weighted by atomic mass is 10.0. The number of carbonyl (C=O) groups excluding carboxylic acids is 1. The highest BCUT2D eigenvalue weighted by Crippen LogP contribution is 2.29. The van der Waals surface area contributed by atoms with Gasteiger partial charge in [-0.1, -0.05) is 19.9 Å². The molecule has 0 aliphatic heterocycles. The van der Waals surface area contributed by atoms with Gasteiger partial charge >= 0.3 is 12.3 Å². The van der Waals surface area contributed by atoms with Crippen LogP contribution in [0.5, 0.6) is 5.75 Å². The fourth-order valence-corrected chi connectivity index (χ4v) is 4.87. The van der Waals surface area contributed by atoms with E-state index in [0.29, 0.717) is 12.0 Å². The minimum absolute atomic E-state index is 0.0560. The van der Waals surface area contributed by atoms with Crippen molar-refractivity contribution in [2.75, 3.05) is 12.9 Å². The SMILES string of the molecule is CCOC(=O)c1nn(-c2ccc(OC(F)(F)F)cc2)c2ccc(CC(C)C)c(S(C)(=O)=O)c2c1=O. The van der Waals surface area contributed by atoms with Crippen molar-refractivity contribution in [1.82, 2.24) is 9.78 Å². The van der Waals surface area contributed by atoms with Crippen LogP contribution in [0.1, 0.15) is 36.8 Å². The van der Waals surface area contributed by atoms with E-state index in [1.807, 2.05) is 13.8 Å². The zero-order chi connectivity index (χ0) is 26.1. The molecule has 1 aromatic heterocycles. The number of hydrogen-bond donors (Lipinski definition) is 0. The highest BCUT2D eigenvalue weighted by Gasteiger charge is 2.31. The average molecular weight is 513 g/mol. The minimum Gasteiger partial charge on any atom is -0.461 e. The van der Waals surface area contributed by atoms with Crippen molar-refractivity contribution >= 4 is 26.7 Å². The fraction of sp³-hybridized carbons (Fsp3) is 0.348. The Labute approximate surface area is 199 Å². The molecule has 0 bridgehead atoms. The van der Waals surface area contributed by atoms with Gasteiger partial charge in [0.2, 0.25) is 11.1 Å². The average Bonchev–Trinajstić information content (AvgIpc) is 2.72. The summed E-state index contributed by atoms with van der Waals surface area (Å²) in [5, 5.41) is 3.83. The van der Waals surface area contributed by atoms with Gasteiger partial charge in [0.25, 0.3) is 0 Å². The molecule has 0 saturated carbocycles. The molecule has 0 aliphatic rings. The molecule has 2 aromatic carbocycles. The number of ether oxygens (including phenoxy) is 2. The van der Waals surface area contributed by atoms with E-state index in [0.717, 1.165) is 23.1 Å². The standard InChI is InChI=1S/C23H23F3N2O6S/c1-5-33-22(30)19-20(29)18-17(11-6-14(12-13(2)3)21(18)35(4,31)32)28(27-19)15-7-9-16(10-8-15)34-23(24,25)26/h6-11,13H,5,12H2,1-4H3. The second-order valence-electron chi connectivity index (χ2n) is 8.17. The monoisotopic (exact) mass is 512 g/mol. The summed E-state index contributed by atoms with van der Waals surface area (Å²) in [5.41, 5.74) is -0.959. The molecule has 0 saturated heterocycles. The van der Waals surface area contributed by atoms with Crippen molar-refractivity contribution in [3.63, 3.8) is 0 Å². The Morgan fingerprint density at radius 2 is 1.74 bits per heavy atom.